The first-order valence-corrected chi connectivity index (χ1v) is 26.5. The molecule has 12 rings (SSSR count). The van der Waals surface area contributed by atoms with E-state index in [2.05, 4.69) is 266 Å². The normalized spacial score (nSPS) is 15.7. The number of benzene rings is 9. The second kappa shape index (κ2) is 19.8. The molecule has 9 aromatic carbocycles. The maximum Gasteiger partial charge on any atom is 0.403 e. The molecule has 362 valence electrons. The summed E-state index contributed by atoms with van der Waals surface area (Å²) in [5, 5.41) is 0. The average molecular weight is 1000 g/mol. The van der Waals surface area contributed by atoms with E-state index in [0.717, 1.165) is 101 Å². The van der Waals surface area contributed by atoms with Crippen LogP contribution in [-0.2, 0) is 0 Å². The number of imidazole rings is 2. The van der Waals surface area contributed by atoms with Crippen LogP contribution in [0.4, 0.5) is 0 Å². The van der Waals surface area contributed by atoms with E-state index in [9.17, 15) is 22.9 Å². The van der Waals surface area contributed by atoms with Crippen LogP contribution in [0.3, 0.4) is 0 Å². The van der Waals surface area contributed by atoms with Crippen LogP contribution in [-0.4, -0.2) is 20.5 Å². The number of aromatic nitrogens is 4. The smallest absolute Gasteiger partial charge is 0.403 e. The lowest BCUT2D eigenvalue weighted by atomic mass is 9.42. The van der Waals surface area contributed by atoms with Crippen molar-refractivity contribution in [2.75, 3.05) is 0 Å². The molecule has 0 spiro atoms. The van der Waals surface area contributed by atoms with Crippen molar-refractivity contribution in [3.63, 3.8) is 0 Å². The fourth-order valence-electron chi connectivity index (χ4n) is 12.1. The lowest BCUT2D eigenvalue weighted by Gasteiger charge is -2.46. The lowest BCUT2D eigenvalue weighted by molar-refractivity contribution is -0.562. The summed E-state index contributed by atoms with van der Waals surface area (Å²) in [5.41, 5.74) is 15.8. The highest BCUT2D eigenvalue weighted by molar-refractivity contribution is 7.33. The van der Waals surface area contributed by atoms with Crippen LogP contribution in [0.2, 0.25) is 0 Å². The molecule has 0 radical (unpaired) electrons. The zero-order valence-corrected chi connectivity index (χ0v) is 44.3. The van der Waals surface area contributed by atoms with Crippen LogP contribution in [0.25, 0.3) is 56.4 Å². The van der Waals surface area contributed by atoms with Crippen molar-refractivity contribution in [1.82, 2.24) is 9.13 Å². The van der Waals surface area contributed by atoms with Crippen molar-refractivity contribution >= 4 is 56.7 Å². The number of rotatable bonds is 8. The van der Waals surface area contributed by atoms with Gasteiger partial charge in [-0.25, -0.2) is 9.13 Å². The van der Waals surface area contributed by atoms with Crippen molar-refractivity contribution in [2.45, 2.75) is 41.5 Å². The summed E-state index contributed by atoms with van der Waals surface area (Å²) in [4.78, 5) is 0. The molecule has 2 atom stereocenters. The van der Waals surface area contributed by atoms with Gasteiger partial charge >= 0.3 is 11.4 Å². The SMILES string of the molecule is Cc1cc(C)c(-n2c(-c3ccccc3)c(-c3ccccc3)[n+]3c2[B@-](Cl)(c2ccccc2)[n+]2c(-c4ccccc4)c(-c4ccccc4)n(-c4c(C)cc(C)cc4C)c2[B@@-]3(Cl)c2ccccc2)c(C)c1.c1ccccc1. The third-order valence-electron chi connectivity index (χ3n) is 14.8. The predicted molar refractivity (Wildman–Crippen MR) is 314 cm³/mol. The highest BCUT2D eigenvalue weighted by Crippen LogP contribution is 2.41. The fraction of sp³-hybridized carbons (Fsp3) is 0.0909. The Morgan fingerprint density at radius 2 is 0.541 bits per heavy atom. The Kier molecular flexibility index (Phi) is 13.0. The van der Waals surface area contributed by atoms with Crippen LogP contribution in [0.15, 0.2) is 243 Å². The van der Waals surface area contributed by atoms with E-state index >= 15 is 0 Å². The quantitative estimate of drug-likeness (QED) is 0.135. The molecule has 1 aliphatic rings. The number of fused-ring (bicyclic) bond motifs is 2. The van der Waals surface area contributed by atoms with E-state index in [1.807, 2.05) is 36.4 Å². The lowest BCUT2D eigenvalue weighted by Crippen LogP contribution is -3.01. The highest BCUT2D eigenvalue weighted by atomic mass is 35.5. The second-order valence-corrected chi connectivity index (χ2v) is 21.2. The van der Waals surface area contributed by atoms with Gasteiger partial charge in [0.25, 0.3) is 0 Å². The molecule has 0 amide bonds. The van der Waals surface area contributed by atoms with Crippen molar-refractivity contribution in [2.24, 2.45) is 0 Å². The van der Waals surface area contributed by atoms with Gasteiger partial charge in [0.15, 0.2) is 11.4 Å². The molecule has 11 aromatic rings. The van der Waals surface area contributed by atoms with Gasteiger partial charge in [0.2, 0.25) is 0 Å². The number of nitrogens with zero attached hydrogens (tertiary/aromatic N) is 4. The van der Waals surface area contributed by atoms with Gasteiger partial charge in [-0.3, -0.25) is 0 Å². The zero-order valence-electron chi connectivity index (χ0n) is 42.8. The molecule has 1 aliphatic heterocycles. The number of hydrogen-bond acceptors (Lipinski definition) is 0. The Balaban J connectivity index is 0.000000916. The van der Waals surface area contributed by atoms with Gasteiger partial charge in [-0.2, -0.15) is 0 Å². The van der Waals surface area contributed by atoms with Crippen LogP contribution in [0.1, 0.15) is 33.4 Å². The molecule has 0 saturated heterocycles. The molecular formula is C66H58B2Cl2N4. The maximum atomic E-state index is 9.37. The predicted octanol–water partition coefficient (Wildman–Crippen LogP) is 13.0. The minimum Gasteiger partial charge on any atom is -0.428 e. The summed E-state index contributed by atoms with van der Waals surface area (Å²) < 4.78 is 9.97. The summed E-state index contributed by atoms with van der Waals surface area (Å²) >= 11 is 18.7. The molecule has 0 aliphatic carbocycles. The zero-order chi connectivity index (χ0) is 51.1. The minimum absolute atomic E-state index is 0.883. The van der Waals surface area contributed by atoms with Gasteiger partial charge < -0.3 is 31.9 Å². The molecule has 0 N–H and O–H groups in total. The van der Waals surface area contributed by atoms with Gasteiger partial charge in [0.05, 0.1) is 0 Å². The van der Waals surface area contributed by atoms with Crippen molar-refractivity contribution < 1.29 is 8.96 Å². The number of halogens is 2. The van der Waals surface area contributed by atoms with E-state index in [4.69, 9.17) is 0 Å². The van der Waals surface area contributed by atoms with E-state index < -0.39 is 11.4 Å². The Morgan fingerprint density at radius 3 is 0.811 bits per heavy atom. The van der Waals surface area contributed by atoms with Crippen LogP contribution < -0.4 is 31.3 Å². The Morgan fingerprint density at radius 1 is 0.311 bits per heavy atom. The topological polar surface area (TPSA) is 17.6 Å². The molecular weight excluding hydrogens is 941 g/mol. The highest BCUT2D eigenvalue weighted by Gasteiger charge is 2.62. The third kappa shape index (κ3) is 8.05. The first-order valence-electron chi connectivity index (χ1n) is 25.6. The maximum absolute atomic E-state index is 9.37. The largest absolute Gasteiger partial charge is 0.428 e. The molecule has 8 heteroatoms. The van der Waals surface area contributed by atoms with Gasteiger partial charge in [0, 0.05) is 22.3 Å². The van der Waals surface area contributed by atoms with Crippen LogP contribution >= 0.6 is 22.9 Å². The monoisotopic (exact) mass is 998 g/mol. The number of hydrogen-bond donors (Lipinski definition) is 0. The van der Waals surface area contributed by atoms with E-state index in [1.54, 1.807) is 0 Å². The van der Waals surface area contributed by atoms with Crippen LogP contribution in [0.5, 0.6) is 0 Å². The molecule has 0 fully saturated rings. The Bertz CT molecular complexity index is 3480. The van der Waals surface area contributed by atoms with E-state index in [1.165, 1.54) is 11.1 Å². The van der Waals surface area contributed by atoms with Gasteiger partial charge in [-0.05, 0) is 63.8 Å². The Hall–Kier alpha value is -7.89. The molecule has 0 bridgehead atoms. The van der Waals surface area contributed by atoms with Gasteiger partial charge in [-0.15, -0.1) is 10.9 Å². The first kappa shape index (κ1) is 48.4. The molecule has 74 heavy (non-hydrogen) atoms. The molecule has 0 unspecified atom stereocenters. The molecule has 3 heterocycles. The van der Waals surface area contributed by atoms with E-state index in [0.29, 0.717) is 0 Å². The number of aryl methyl sites for hydroxylation is 6. The summed E-state index contributed by atoms with van der Waals surface area (Å²) in [6.07, 6.45) is 0. The van der Waals surface area contributed by atoms with Crippen molar-refractivity contribution in [1.29, 1.82) is 0 Å². The van der Waals surface area contributed by atoms with Crippen molar-refractivity contribution in [3.05, 3.63) is 276 Å². The standard InChI is InChI=1S/C60H52B2Cl2N4.C6H6/c1-41-37-43(3)53(44(4)38-41)65-55(47-25-13-7-14-26-47)57(49-29-17-9-18-30-49)67-59(65)61(63,51-33-21-11-22-34-51)68-58(50-31-19-10-20-32-50)56(48-27-15-8-16-28-48)66(54-45(5)39-42(2)40-46(54)6)60(68)62(67,64)52-35-23-12-24-36-52;1-2-4-6-5-3-1/h7-40H,1-6H3;1-6H/t61-,62+;. The average Bonchev–Trinajstić information content (AvgIpc) is 4.01. The van der Waals surface area contributed by atoms with Gasteiger partial charge in [0.1, 0.15) is 34.2 Å². The van der Waals surface area contributed by atoms with Crippen LogP contribution in [0, 0.1) is 41.5 Å². The van der Waals surface area contributed by atoms with Gasteiger partial charge in [-0.1, -0.05) is 254 Å². The second-order valence-electron chi connectivity index (χ2n) is 19.9. The minimum atomic E-state index is -2.59. The Labute approximate surface area is 446 Å². The first-order chi connectivity index (χ1) is 36.0. The van der Waals surface area contributed by atoms with E-state index in [-0.39, 0.29) is 0 Å². The molecule has 2 aromatic heterocycles. The summed E-state index contributed by atoms with van der Waals surface area (Å²) in [6.45, 7) is 13.3. The fourth-order valence-corrected chi connectivity index (χ4v) is 13.2. The molecule has 0 saturated carbocycles. The summed E-state index contributed by atoms with van der Waals surface area (Å²) in [5.74, 6) is 0. The third-order valence-corrected chi connectivity index (χ3v) is 16.1. The van der Waals surface area contributed by atoms with Crippen molar-refractivity contribution in [3.8, 4) is 56.4 Å². The molecule has 4 nitrogen and oxygen atoms in total. The summed E-state index contributed by atoms with van der Waals surface area (Å²) in [7, 11) is 0. The summed E-state index contributed by atoms with van der Waals surface area (Å²) in [6, 6.07) is 85.8.